The summed E-state index contributed by atoms with van der Waals surface area (Å²) < 4.78 is 16.3. The zero-order valence-electron chi connectivity index (χ0n) is 12.7. The zero-order chi connectivity index (χ0) is 14.4. The van der Waals surface area contributed by atoms with Crippen LogP contribution in [0, 0.1) is 0 Å². The van der Waals surface area contributed by atoms with Crippen LogP contribution in [0.2, 0.25) is 0 Å². The standard InChI is InChI=1S/C16H25NO3/c1-16(2,6-7-17-8-9-18-3)13-4-5-14-15(12-13)20-11-10-19-14/h4-5,12,17H,6-11H2,1-3H3. The molecule has 1 N–H and O–H groups in total. The lowest BCUT2D eigenvalue weighted by molar-refractivity contribution is 0.171. The van der Waals surface area contributed by atoms with Crippen LogP contribution in [-0.2, 0) is 10.2 Å². The van der Waals surface area contributed by atoms with E-state index in [9.17, 15) is 0 Å². The molecule has 4 nitrogen and oxygen atoms in total. The van der Waals surface area contributed by atoms with Crippen LogP contribution in [0.15, 0.2) is 18.2 Å². The number of nitrogens with one attached hydrogen (secondary N) is 1. The van der Waals surface area contributed by atoms with Gasteiger partial charge < -0.3 is 19.5 Å². The molecule has 2 rings (SSSR count). The van der Waals surface area contributed by atoms with E-state index in [4.69, 9.17) is 14.2 Å². The molecule has 4 heteroatoms. The van der Waals surface area contributed by atoms with Crippen molar-refractivity contribution in [1.82, 2.24) is 5.32 Å². The number of methoxy groups -OCH3 is 1. The van der Waals surface area contributed by atoms with Crippen LogP contribution >= 0.6 is 0 Å². The summed E-state index contributed by atoms with van der Waals surface area (Å²) in [6, 6.07) is 6.27. The lowest BCUT2D eigenvalue weighted by Crippen LogP contribution is -2.27. The number of fused-ring (bicyclic) bond motifs is 1. The number of rotatable bonds is 7. The van der Waals surface area contributed by atoms with Gasteiger partial charge in [0.25, 0.3) is 0 Å². The molecule has 112 valence electrons. The molecule has 0 radical (unpaired) electrons. The Morgan fingerprint density at radius 2 is 1.90 bits per heavy atom. The third kappa shape index (κ3) is 3.87. The highest BCUT2D eigenvalue weighted by molar-refractivity contribution is 5.45. The molecule has 1 aliphatic heterocycles. The molecule has 0 aliphatic carbocycles. The molecular formula is C16H25NO3. The lowest BCUT2D eigenvalue weighted by Gasteiger charge is -2.27. The average molecular weight is 279 g/mol. The molecule has 1 aliphatic rings. The highest BCUT2D eigenvalue weighted by Gasteiger charge is 2.22. The molecule has 0 aromatic heterocycles. The van der Waals surface area contributed by atoms with Crippen molar-refractivity contribution in [3.63, 3.8) is 0 Å². The van der Waals surface area contributed by atoms with Crippen molar-refractivity contribution in [3.8, 4) is 11.5 Å². The third-order valence-electron chi connectivity index (χ3n) is 3.73. The highest BCUT2D eigenvalue weighted by Crippen LogP contribution is 2.36. The third-order valence-corrected chi connectivity index (χ3v) is 3.73. The average Bonchev–Trinajstić information content (AvgIpc) is 2.46. The molecule has 0 bridgehead atoms. The Hall–Kier alpha value is -1.26. The van der Waals surface area contributed by atoms with Crippen LogP contribution in [0.4, 0.5) is 0 Å². The Morgan fingerprint density at radius 3 is 2.65 bits per heavy atom. The molecule has 1 heterocycles. The van der Waals surface area contributed by atoms with Crippen LogP contribution in [0.1, 0.15) is 25.8 Å². The van der Waals surface area contributed by atoms with E-state index in [-0.39, 0.29) is 5.41 Å². The normalized spacial score (nSPS) is 14.3. The Labute approximate surface area is 121 Å². The van der Waals surface area contributed by atoms with E-state index in [0.717, 1.165) is 37.6 Å². The molecule has 0 atom stereocenters. The van der Waals surface area contributed by atoms with Crippen molar-refractivity contribution in [2.24, 2.45) is 0 Å². The van der Waals surface area contributed by atoms with E-state index >= 15 is 0 Å². The van der Waals surface area contributed by atoms with Crippen LogP contribution in [0.25, 0.3) is 0 Å². The monoisotopic (exact) mass is 279 g/mol. The van der Waals surface area contributed by atoms with Crippen molar-refractivity contribution < 1.29 is 14.2 Å². The van der Waals surface area contributed by atoms with E-state index in [1.807, 2.05) is 6.07 Å². The summed E-state index contributed by atoms with van der Waals surface area (Å²) >= 11 is 0. The minimum Gasteiger partial charge on any atom is -0.486 e. The molecule has 1 aromatic carbocycles. The molecule has 0 saturated carbocycles. The summed E-state index contributed by atoms with van der Waals surface area (Å²) in [7, 11) is 1.72. The van der Waals surface area contributed by atoms with Crippen LogP contribution < -0.4 is 14.8 Å². The molecule has 0 fully saturated rings. The van der Waals surface area contributed by atoms with Gasteiger partial charge in [-0.3, -0.25) is 0 Å². The molecule has 0 saturated heterocycles. The minimum atomic E-state index is 0.107. The van der Waals surface area contributed by atoms with Gasteiger partial charge in [-0.15, -0.1) is 0 Å². The zero-order valence-corrected chi connectivity index (χ0v) is 12.7. The topological polar surface area (TPSA) is 39.7 Å². The molecule has 20 heavy (non-hydrogen) atoms. The van der Waals surface area contributed by atoms with Crippen molar-refractivity contribution in [2.45, 2.75) is 25.7 Å². The van der Waals surface area contributed by atoms with Gasteiger partial charge in [-0.2, -0.15) is 0 Å². The van der Waals surface area contributed by atoms with Crippen molar-refractivity contribution in [2.75, 3.05) is 40.0 Å². The van der Waals surface area contributed by atoms with E-state index in [1.54, 1.807) is 7.11 Å². The van der Waals surface area contributed by atoms with Gasteiger partial charge in [0.1, 0.15) is 13.2 Å². The second-order valence-corrected chi connectivity index (χ2v) is 5.74. The largest absolute Gasteiger partial charge is 0.486 e. The number of benzene rings is 1. The fraction of sp³-hybridized carbons (Fsp3) is 0.625. The maximum absolute atomic E-state index is 5.66. The van der Waals surface area contributed by atoms with E-state index in [0.29, 0.717) is 13.2 Å². The SMILES string of the molecule is COCCNCCC(C)(C)c1ccc2c(c1)OCCO2. The smallest absolute Gasteiger partial charge is 0.161 e. The van der Waals surface area contributed by atoms with Gasteiger partial charge in [0.15, 0.2) is 11.5 Å². The van der Waals surface area contributed by atoms with E-state index in [2.05, 4.69) is 31.3 Å². The van der Waals surface area contributed by atoms with Gasteiger partial charge in [-0.25, -0.2) is 0 Å². The molecule has 0 unspecified atom stereocenters. The second-order valence-electron chi connectivity index (χ2n) is 5.74. The highest BCUT2D eigenvalue weighted by atomic mass is 16.6. The van der Waals surface area contributed by atoms with Crippen LogP contribution in [0.3, 0.4) is 0 Å². The Kier molecular flexibility index (Phi) is 5.26. The second kappa shape index (κ2) is 6.95. The fourth-order valence-electron chi connectivity index (χ4n) is 2.31. The molecule has 1 aromatic rings. The van der Waals surface area contributed by atoms with Crippen molar-refractivity contribution >= 4 is 0 Å². The Bertz CT molecular complexity index is 432. The van der Waals surface area contributed by atoms with Gasteiger partial charge in [-0.05, 0) is 36.1 Å². The van der Waals surface area contributed by atoms with Crippen LogP contribution in [0.5, 0.6) is 11.5 Å². The quantitative estimate of drug-likeness (QED) is 0.778. The fourth-order valence-corrected chi connectivity index (χ4v) is 2.31. The summed E-state index contributed by atoms with van der Waals surface area (Å²) in [4.78, 5) is 0. The summed E-state index contributed by atoms with van der Waals surface area (Å²) in [5.74, 6) is 1.73. The van der Waals surface area contributed by atoms with Gasteiger partial charge in [0.05, 0.1) is 6.61 Å². The van der Waals surface area contributed by atoms with Crippen molar-refractivity contribution in [1.29, 1.82) is 0 Å². The first-order valence-electron chi connectivity index (χ1n) is 7.23. The Morgan fingerprint density at radius 1 is 1.15 bits per heavy atom. The summed E-state index contributed by atoms with van der Waals surface area (Å²) in [5, 5.41) is 3.39. The predicted octanol–water partition coefficient (Wildman–Crippen LogP) is 2.36. The first-order valence-corrected chi connectivity index (χ1v) is 7.23. The van der Waals surface area contributed by atoms with Gasteiger partial charge in [0, 0.05) is 13.7 Å². The van der Waals surface area contributed by atoms with Gasteiger partial charge in [0.2, 0.25) is 0 Å². The minimum absolute atomic E-state index is 0.107. The van der Waals surface area contributed by atoms with E-state index in [1.165, 1.54) is 5.56 Å². The molecule has 0 amide bonds. The van der Waals surface area contributed by atoms with Crippen molar-refractivity contribution in [3.05, 3.63) is 23.8 Å². The number of ether oxygens (including phenoxy) is 3. The van der Waals surface area contributed by atoms with Gasteiger partial charge in [-0.1, -0.05) is 19.9 Å². The van der Waals surface area contributed by atoms with Crippen LogP contribution in [-0.4, -0.2) is 40.0 Å². The number of hydrogen-bond donors (Lipinski definition) is 1. The first kappa shape index (κ1) is 15.1. The summed E-state index contributed by atoms with van der Waals surface area (Å²) in [6.07, 6.45) is 1.07. The van der Waals surface area contributed by atoms with E-state index < -0.39 is 0 Å². The predicted molar refractivity (Wildman–Crippen MR) is 79.8 cm³/mol. The van der Waals surface area contributed by atoms with Gasteiger partial charge >= 0.3 is 0 Å². The maximum atomic E-state index is 5.66. The summed E-state index contributed by atoms with van der Waals surface area (Å²) in [5.41, 5.74) is 1.39. The Balaban J connectivity index is 1.94. The summed E-state index contributed by atoms with van der Waals surface area (Å²) in [6.45, 7) is 8.42. The first-order chi connectivity index (χ1) is 9.63. The molecule has 0 spiro atoms. The number of hydrogen-bond acceptors (Lipinski definition) is 4. The molecular weight excluding hydrogens is 254 g/mol. The lowest BCUT2D eigenvalue weighted by atomic mass is 9.81. The maximum Gasteiger partial charge on any atom is 0.161 e.